The van der Waals surface area contributed by atoms with Crippen molar-refractivity contribution in [2.24, 2.45) is 0 Å². The fourth-order valence-corrected chi connectivity index (χ4v) is 2.13. The number of carbonyl (C=O) groups excluding carboxylic acids is 2. The summed E-state index contributed by atoms with van der Waals surface area (Å²) in [6.45, 7) is 4.08. The minimum absolute atomic E-state index is 0.0578. The summed E-state index contributed by atoms with van der Waals surface area (Å²) in [4.78, 5) is 24.1. The molecular weight excluding hydrogens is 272 g/mol. The van der Waals surface area contributed by atoms with Gasteiger partial charge in [-0.2, -0.15) is 0 Å². The van der Waals surface area contributed by atoms with Gasteiger partial charge in [-0.3, -0.25) is 14.2 Å². The molecule has 21 heavy (non-hydrogen) atoms. The maximum atomic E-state index is 12.1. The summed E-state index contributed by atoms with van der Waals surface area (Å²) in [5, 5.41) is 14.9. The Morgan fingerprint density at radius 1 is 1.00 bits per heavy atom. The van der Waals surface area contributed by atoms with Crippen LogP contribution in [0.15, 0.2) is 4.63 Å². The summed E-state index contributed by atoms with van der Waals surface area (Å²) >= 11 is 0. The topological polar surface area (TPSA) is 87.1 Å². The van der Waals surface area contributed by atoms with Crippen molar-refractivity contribution in [1.82, 2.24) is 5.16 Å². The molecule has 0 aliphatic heterocycles. The van der Waals surface area contributed by atoms with Crippen LogP contribution in [-0.2, 0) is 0 Å². The zero-order valence-corrected chi connectivity index (χ0v) is 12.9. The Labute approximate surface area is 125 Å². The molecular formula is C15H24N2O4. The third-order valence-electron chi connectivity index (χ3n) is 3.41. The molecule has 0 saturated heterocycles. The average molecular weight is 296 g/mol. The second-order valence-electron chi connectivity index (χ2n) is 5.24. The van der Waals surface area contributed by atoms with Crippen LogP contribution in [0.5, 0.6) is 0 Å². The van der Waals surface area contributed by atoms with E-state index < -0.39 is 0 Å². The number of ketones is 2. The number of carbonyl (C=O) groups is 2. The molecule has 0 aliphatic carbocycles. The highest BCUT2D eigenvalue weighted by Crippen LogP contribution is 2.13. The number of unbranched alkanes of at least 4 members (excludes halogenated alkanes) is 5. The molecule has 0 spiro atoms. The van der Waals surface area contributed by atoms with Crippen LogP contribution >= 0.6 is 0 Å². The average Bonchev–Trinajstić information content (AvgIpc) is 2.86. The van der Waals surface area contributed by atoms with Gasteiger partial charge in [0.25, 0.3) is 11.4 Å². The van der Waals surface area contributed by atoms with Crippen LogP contribution in [0.3, 0.4) is 0 Å². The molecule has 0 aliphatic rings. The van der Waals surface area contributed by atoms with Crippen molar-refractivity contribution in [3.05, 3.63) is 16.6 Å². The predicted octanol–water partition coefficient (Wildman–Crippen LogP) is 3.22. The minimum atomic E-state index is -0.373. The molecule has 6 heteroatoms. The van der Waals surface area contributed by atoms with Crippen LogP contribution in [0.2, 0.25) is 0 Å². The zero-order chi connectivity index (χ0) is 15.7. The zero-order valence-electron chi connectivity index (χ0n) is 12.9. The number of aromatic nitrogens is 2. The van der Waals surface area contributed by atoms with Gasteiger partial charge in [0.05, 0.1) is 5.16 Å². The highest BCUT2D eigenvalue weighted by atomic mass is 16.8. The predicted molar refractivity (Wildman–Crippen MR) is 77.0 cm³/mol. The van der Waals surface area contributed by atoms with Crippen molar-refractivity contribution >= 4 is 11.6 Å². The van der Waals surface area contributed by atoms with Gasteiger partial charge in [0.1, 0.15) is 0 Å². The molecule has 1 heterocycles. The fourth-order valence-electron chi connectivity index (χ4n) is 2.13. The Hall–Kier alpha value is -1.72. The van der Waals surface area contributed by atoms with E-state index in [1.54, 1.807) is 0 Å². The molecule has 0 aromatic carbocycles. The van der Waals surface area contributed by atoms with Crippen LogP contribution in [-0.4, -0.2) is 16.7 Å². The van der Waals surface area contributed by atoms with Crippen LogP contribution in [0.1, 0.15) is 92.6 Å². The van der Waals surface area contributed by atoms with E-state index in [4.69, 9.17) is 0 Å². The second-order valence-corrected chi connectivity index (χ2v) is 5.24. The fraction of sp³-hybridized carbons (Fsp3) is 0.733. The molecule has 0 atom stereocenters. The van der Waals surface area contributed by atoms with E-state index in [1.165, 1.54) is 0 Å². The molecule has 0 radical (unpaired) electrons. The summed E-state index contributed by atoms with van der Waals surface area (Å²) in [5.41, 5.74) is -0.344. The summed E-state index contributed by atoms with van der Waals surface area (Å²) in [5.74, 6) is -0.660. The molecule has 0 amide bonds. The Morgan fingerprint density at radius 2 is 1.62 bits per heavy atom. The molecule has 1 aromatic heterocycles. The molecule has 0 N–H and O–H groups in total. The first-order valence-corrected chi connectivity index (χ1v) is 7.77. The van der Waals surface area contributed by atoms with E-state index in [0.717, 1.165) is 38.5 Å². The SMILES string of the molecule is CCCCCCCC(=O)c1no[n+]([O-])c1C(=O)CCCC. The molecule has 1 rings (SSSR count). The Bertz CT molecular complexity index is 468. The van der Waals surface area contributed by atoms with Crippen LogP contribution in [0, 0.1) is 5.21 Å². The molecule has 0 fully saturated rings. The highest BCUT2D eigenvalue weighted by molar-refractivity contribution is 6.05. The van der Waals surface area contributed by atoms with Crippen molar-refractivity contribution < 1.29 is 19.1 Å². The van der Waals surface area contributed by atoms with Gasteiger partial charge in [-0.05, 0) is 17.7 Å². The Morgan fingerprint density at radius 3 is 2.29 bits per heavy atom. The van der Waals surface area contributed by atoms with Gasteiger partial charge >= 0.3 is 0 Å². The first-order chi connectivity index (χ1) is 10.1. The van der Waals surface area contributed by atoms with E-state index in [9.17, 15) is 14.8 Å². The van der Waals surface area contributed by atoms with Crippen molar-refractivity contribution in [2.75, 3.05) is 0 Å². The van der Waals surface area contributed by atoms with Crippen molar-refractivity contribution in [1.29, 1.82) is 0 Å². The lowest BCUT2D eigenvalue weighted by molar-refractivity contribution is -0.803. The molecule has 6 nitrogen and oxygen atoms in total. The first-order valence-electron chi connectivity index (χ1n) is 7.77. The Balaban J connectivity index is 2.61. The quantitative estimate of drug-likeness (QED) is 0.355. The van der Waals surface area contributed by atoms with Gasteiger partial charge < -0.3 is 5.21 Å². The molecule has 0 saturated carbocycles. The molecule has 118 valence electrons. The van der Waals surface area contributed by atoms with E-state index in [-0.39, 0.29) is 34.3 Å². The third kappa shape index (κ3) is 5.28. The smallest absolute Gasteiger partial charge is 0.294 e. The first kappa shape index (κ1) is 17.3. The molecule has 0 unspecified atom stereocenters. The highest BCUT2D eigenvalue weighted by Gasteiger charge is 2.30. The molecule has 1 aromatic rings. The lowest BCUT2D eigenvalue weighted by atomic mass is 10.0. The van der Waals surface area contributed by atoms with Gasteiger partial charge in [0.15, 0.2) is 0 Å². The van der Waals surface area contributed by atoms with Gasteiger partial charge in [-0.15, -0.1) is 0 Å². The van der Waals surface area contributed by atoms with Crippen molar-refractivity contribution in [2.45, 2.75) is 71.6 Å². The van der Waals surface area contributed by atoms with Crippen LogP contribution in [0.25, 0.3) is 0 Å². The maximum absolute atomic E-state index is 12.1. The van der Waals surface area contributed by atoms with E-state index >= 15 is 0 Å². The lowest BCUT2D eigenvalue weighted by Gasteiger charge is -1.99. The van der Waals surface area contributed by atoms with Gasteiger partial charge in [0.2, 0.25) is 11.6 Å². The van der Waals surface area contributed by atoms with Crippen molar-refractivity contribution in [3.63, 3.8) is 0 Å². The van der Waals surface area contributed by atoms with E-state index in [0.29, 0.717) is 12.8 Å². The van der Waals surface area contributed by atoms with Crippen molar-refractivity contribution in [3.8, 4) is 0 Å². The number of rotatable bonds is 11. The summed E-state index contributed by atoms with van der Waals surface area (Å²) in [6, 6.07) is 0. The van der Waals surface area contributed by atoms with Gasteiger partial charge in [-0.25, -0.2) is 0 Å². The third-order valence-corrected chi connectivity index (χ3v) is 3.41. The second kappa shape index (κ2) is 9.26. The molecule has 0 bridgehead atoms. The van der Waals surface area contributed by atoms with E-state index in [2.05, 4.69) is 16.7 Å². The number of hydrogen-bond acceptors (Lipinski definition) is 5. The standard InChI is InChI=1S/C15H24N2O4/c1-3-5-7-8-9-11-12(18)14-15(17(20)21-16-14)13(19)10-6-4-2/h3-11H2,1-2H3. The number of Topliss-reactive ketones (excluding diaryl/α,β-unsaturated/α-hetero) is 2. The summed E-state index contributed by atoms with van der Waals surface area (Å²) in [7, 11) is 0. The van der Waals surface area contributed by atoms with Crippen LogP contribution in [0.4, 0.5) is 0 Å². The number of nitrogens with zero attached hydrogens (tertiary/aromatic N) is 2. The number of hydrogen-bond donors (Lipinski definition) is 0. The lowest BCUT2D eigenvalue weighted by Crippen LogP contribution is -2.32. The summed E-state index contributed by atoms with van der Waals surface area (Å²) < 4.78 is 4.43. The van der Waals surface area contributed by atoms with Crippen LogP contribution < -0.4 is 4.90 Å². The van der Waals surface area contributed by atoms with Gasteiger partial charge in [0, 0.05) is 12.8 Å². The monoisotopic (exact) mass is 296 g/mol. The Kier molecular flexibility index (Phi) is 7.64. The summed E-state index contributed by atoms with van der Waals surface area (Å²) in [6.07, 6.45) is 7.14. The van der Waals surface area contributed by atoms with Gasteiger partial charge in [-0.1, -0.05) is 46.0 Å². The largest absolute Gasteiger partial charge is 0.359 e. The minimum Gasteiger partial charge on any atom is -0.359 e. The normalized spacial score (nSPS) is 10.8. The van der Waals surface area contributed by atoms with E-state index in [1.807, 2.05) is 6.92 Å². The maximum Gasteiger partial charge on any atom is 0.294 e.